The van der Waals surface area contributed by atoms with E-state index in [1.807, 2.05) is 61.2 Å². The molecule has 10 heteroatoms. The molecule has 0 fully saturated rings. The zero-order valence-corrected chi connectivity index (χ0v) is 27.8. The first-order valence-corrected chi connectivity index (χ1v) is 11.6. The van der Waals surface area contributed by atoms with E-state index in [1.54, 1.807) is 0 Å². The van der Waals surface area contributed by atoms with Gasteiger partial charge in [0.1, 0.15) is 0 Å². The smallest absolute Gasteiger partial charge is 0.0684 e. The molecule has 0 unspecified atom stereocenters. The summed E-state index contributed by atoms with van der Waals surface area (Å²) in [4.78, 5) is 18.2. The van der Waals surface area contributed by atoms with Crippen molar-refractivity contribution in [2.45, 2.75) is 40.5 Å². The number of pyridine rings is 2. The van der Waals surface area contributed by atoms with Crippen molar-refractivity contribution in [2.24, 2.45) is 9.98 Å². The molecule has 4 nitrogen and oxygen atoms in total. The number of hydrogen-bond acceptors (Lipinski definition) is 4. The minimum atomic E-state index is 0. The number of hydrogen-bond donors (Lipinski definition) is 0. The summed E-state index contributed by atoms with van der Waals surface area (Å²) < 4.78 is 0. The van der Waals surface area contributed by atoms with E-state index in [4.69, 9.17) is 9.98 Å². The van der Waals surface area contributed by atoms with Crippen molar-refractivity contribution in [1.29, 1.82) is 0 Å². The zero-order valence-electron chi connectivity index (χ0n) is 22.6. The van der Waals surface area contributed by atoms with Crippen LogP contribution >= 0.6 is 49.6 Å². The molecule has 0 saturated heterocycles. The Bertz CT molecular complexity index is 1200. The maximum Gasteiger partial charge on any atom is 0.0684 e. The summed E-state index contributed by atoms with van der Waals surface area (Å²) in [6.07, 6.45) is 8.97. The molecule has 2 aromatic carbocycles. The van der Waals surface area contributed by atoms with Gasteiger partial charge in [0.2, 0.25) is 0 Å². The van der Waals surface area contributed by atoms with E-state index >= 15 is 0 Å². The van der Waals surface area contributed by atoms with E-state index in [-0.39, 0.29) is 82.6 Å². The number of halogens is 4. The van der Waals surface area contributed by atoms with Crippen molar-refractivity contribution < 1.29 is 33.0 Å². The van der Waals surface area contributed by atoms with Crippen LogP contribution in [0.1, 0.15) is 33.6 Å². The molecule has 0 aliphatic heterocycles. The molecule has 0 aliphatic rings. The molecule has 0 spiro atoms. The van der Waals surface area contributed by atoms with Crippen molar-refractivity contribution in [3.8, 4) is 11.1 Å². The van der Waals surface area contributed by atoms with Crippen LogP contribution in [0.4, 0.5) is 11.4 Å². The Labute approximate surface area is 282 Å². The summed E-state index contributed by atoms with van der Waals surface area (Å²) in [6, 6.07) is 20.8. The van der Waals surface area contributed by atoms with Crippen LogP contribution in [-0.4, -0.2) is 22.4 Å². The van der Waals surface area contributed by atoms with E-state index < -0.39 is 0 Å². The first-order valence-electron chi connectivity index (χ1n) is 11.6. The SMILES string of the molecule is Cc1cc(-c2cc(C)c(N=CCc3ccccn3)c(C)c2)cc(C)c1N=CCc1ccccn1.Cl.Cl.Cl.Cl.[Ni].[Ni]. The van der Waals surface area contributed by atoms with E-state index in [9.17, 15) is 0 Å². The molecule has 0 amide bonds. The molecule has 0 radical (unpaired) electrons. The molecule has 0 saturated carbocycles. The predicted octanol–water partition coefficient (Wildman–Crippen LogP) is 8.95. The van der Waals surface area contributed by atoms with Crippen LogP contribution in [-0.2, 0) is 45.8 Å². The Balaban J connectivity index is -0.00000228. The van der Waals surface area contributed by atoms with Gasteiger partial charge in [0, 0.05) is 82.0 Å². The first kappa shape index (κ1) is 42.7. The molecule has 2 aromatic heterocycles. The molecule has 0 atom stereocenters. The van der Waals surface area contributed by atoms with E-state index in [2.05, 4.69) is 61.9 Å². The van der Waals surface area contributed by atoms with Crippen LogP contribution in [0.15, 0.2) is 83.0 Å². The maximum absolute atomic E-state index is 4.75. The Kier molecular flexibility index (Phi) is 22.4. The Morgan fingerprint density at radius 3 is 1.15 bits per heavy atom. The Hall–Kier alpha value is -1.77. The van der Waals surface area contributed by atoms with E-state index in [0.717, 1.165) is 35.6 Å². The van der Waals surface area contributed by atoms with Gasteiger partial charge in [-0.15, -0.1) is 49.6 Å². The van der Waals surface area contributed by atoms with Crippen molar-refractivity contribution in [3.05, 3.63) is 107 Å². The van der Waals surface area contributed by atoms with Crippen molar-refractivity contribution >= 4 is 73.4 Å². The maximum atomic E-state index is 4.75. The molecule has 2 heterocycles. The minimum absolute atomic E-state index is 0. The van der Waals surface area contributed by atoms with Crippen LogP contribution < -0.4 is 0 Å². The van der Waals surface area contributed by atoms with E-state index in [0.29, 0.717) is 0 Å². The fourth-order valence-electron chi connectivity index (χ4n) is 4.15. The van der Waals surface area contributed by atoms with Gasteiger partial charge in [-0.25, -0.2) is 0 Å². The first-order chi connectivity index (χ1) is 16.5. The van der Waals surface area contributed by atoms with Gasteiger partial charge in [-0.2, -0.15) is 0 Å². The van der Waals surface area contributed by atoms with Crippen LogP contribution in [0.2, 0.25) is 0 Å². The average molecular weight is 710 g/mol. The topological polar surface area (TPSA) is 50.5 Å². The summed E-state index contributed by atoms with van der Waals surface area (Å²) in [5.41, 5.74) is 11.2. The number of aryl methyl sites for hydroxylation is 4. The third-order valence-electron chi connectivity index (χ3n) is 5.81. The second kappa shape index (κ2) is 21.0. The van der Waals surface area contributed by atoms with Crippen LogP contribution in [0, 0.1) is 27.7 Å². The molecular formula is C30H34Cl4N4Ni2. The molecule has 0 N–H and O–H groups in total. The number of aliphatic imine (C=N–C) groups is 2. The zero-order chi connectivity index (χ0) is 23.9. The minimum Gasteiger partial charge on any atom is -0.261 e. The van der Waals surface area contributed by atoms with Gasteiger partial charge in [-0.05, 0) is 110 Å². The van der Waals surface area contributed by atoms with Gasteiger partial charge in [0.15, 0.2) is 0 Å². The third-order valence-corrected chi connectivity index (χ3v) is 5.81. The van der Waals surface area contributed by atoms with Gasteiger partial charge >= 0.3 is 0 Å². The van der Waals surface area contributed by atoms with Crippen LogP contribution in [0.5, 0.6) is 0 Å². The summed E-state index contributed by atoms with van der Waals surface area (Å²) >= 11 is 0. The van der Waals surface area contributed by atoms with Gasteiger partial charge < -0.3 is 0 Å². The van der Waals surface area contributed by atoms with Crippen molar-refractivity contribution in [1.82, 2.24) is 9.97 Å². The van der Waals surface area contributed by atoms with E-state index in [1.165, 1.54) is 33.4 Å². The Morgan fingerprint density at radius 1 is 0.550 bits per heavy atom. The number of aromatic nitrogens is 2. The normalized spacial score (nSPS) is 9.80. The van der Waals surface area contributed by atoms with Crippen LogP contribution in [0.25, 0.3) is 11.1 Å². The monoisotopic (exact) mass is 706 g/mol. The molecular weight excluding hydrogens is 676 g/mol. The molecule has 222 valence electrons. The van der Waals surface area contributed by atoms with Gasteiger partial charge in [-0.1, -0.05) is 12.1 Å². The fourth-order valence-corrected chi connectivity index (χ4v) is 4.15. The molecule has 4 rings (SSSR count). The summed E-state index contributed by atoms with van der Waals surface area (Å²) in [7, 11) is 0. The molecule has 0 bridgehead atoms. The summed E-state index contributed by atoms with van der Waals surface area (Å²) in [5.74, 6) is 0. The molecule has 4 aromatic rings. The summed E-state index contributed by atoms with van der Waals surface area (Å²) in [5, 5.41) is 0. The number of benzene rings is 2. The quantitative estimate of drug-likeness (QED) is 0.142. The third kappa shape index (κ3) is 11.6. The molecule has 40 heavy (non-hydrogen) atoms. The predicted molar refractivity (Wildman–Crippen MR) is 172 cm³/mol. The van der Waals surface area contributed by atoms with Crippen molar-refractivity contribution in [2.75, 3.05) is 0 Å². The second-order valence-electron chi connectivity index (χ2n) is 8.59. The number of nitrogens with zero attached hydrogens (tertiary/aromatic N) is 4. The van der Waals surface area contributed by atoms with Gasteiger partial charge in [0.05, 0.1) is 11.4 Å². The Morgan fingerprint density at radius 2 is 0.875 bits per heavy atom. The fraction of sp³-hybridized carbons (Fsp3) is 0.200. The number of rotatable bonds is 7. The largest absolute Gasteiger partial charge is 0.261 e. The average Bonchev–Trinajstić information content (AvgIpc) is 2.83. The standard InChI is InChI=1S/C30H30N4.4ClH.2Ni/c1-21-17-25(18-22(2)29(21)33-15-11-27-9-5-7-13-31-27)26-19-23(3)30(24(4)20-26)34-16-12-28-10-6-8-14-32-28;;;;;;/h5-10,13-20H,11-12H2,1-4H3;4*1H;;. The van der Waals surface area contributed by atoms with Crippen molar-refractivity contribution in [3.63, 3.8) is 0 Å². The summed E-state index contributed by atoms with van der Waals surface area (Å²) in [6.45, 7) is 8.50. The molecule has 0 aliphatic carbocycles. The van der Waals surface area contributed by atoms with Gasteiger partial charge in [0.25, 0.3) is 0 Å². The van der Waals surface area contributed by atoms with Crippen LogP contribution in [0.3, 0.4) is 0 Å². The second-order valence-corrected chi connectivity index (χ2v) is 8.59. The van der Waals surface area contributed by atoms with Gasteiger partial charge in [-0.3, -0.25) is 20.0 Å².